The molecule has 0 saturated carbocycles. The summed E-state index contributed by atoms with van der Waals surface area (Å²) in [6.45, 7) is 3.48. The molecule has 2 aromatic carbocycles. The van der Waals surface area contributed by atoms with E-state index in [2.05, 4.69) is 10.4 Å². The Balaban J connectivity index is 1.91. The summed E-state index contributed by atoms with van der Waals surface area (Å²) in [6.07, 6.45) is 0. The molecule has 0 saturated heterocycles. The van der Waals surface area contributed by atoms with Crippen molar-refractivity contribution in [3.63, 3.8) is 0 Å². The number of rotatable bonds is 4. The molecule has 0 fully saturated rings. The molecule has 0 unspecified atom stereocenters. The number of para-hydroxylation sites is 2. The van der Waals surface area contributed by atoms with Gasteiger partial charge in [0.15, 0.2) is 0 Å². The molecule has 5 nitrogen and oxygen atoms in total. The standard InChI is InChI=1S/C19H16ClN3O2/c1-12-17(13(2)23(22-12)14-8-4-3-5-9-14)18(24)19(25)21-16-11-7-6-10-15(16)20/h3-11H,1-2H3,(H,21,25). The van der Waals surface area contributed by atoms with E-state index in [1.165, 1.54) is 0 Å². The number of carbonyl (C=O) groups is 2. The second kappa shape index (κ2) is 6.91. The number of halogens is 1. The van der Waals surface area contributed by atoms with E-state index in [9.17, 15) is 9.59 Å². The highest BCUT2D eigenvalue weighted by molar-refractivity contribution is 6.47. The van der Waals surface area contributed by atoms with Crippen molar-refractivity contribution in [1.29, 1.82) is 0 Å². The van der Waals surface area contributed by atoms with Gasteiger partial charge in [0.2, 0.25) is 0 Å². The third-order valence-corrected chi connectivity index (χ3v) is 4.18. The van der Waals surface area contributed by atoms with Gasteiger partial charge in [-0.3, -0.25) is 9.59 Å². The first-order chi connectivity index (χ1) is 12.0. The fourth-order valence-corrected chi connectivity index (χ4v) is 2.83. The summed E-state index contributed by atoms with van der Waals surface area (Å²) in [5.41, 5.74) is 2.64. The Morgan fingerprint density at radius 1 is 1.00 bits per heavy atom. The van der Waals surface area contributed by atoms with Gasteiger partial charge in [-0.25, -0.2) is 4.68 Å². The number of carbonyl (C=O) groups excluding carboxylic acids is 2. The Kier molecular flexibility index (Phi) is 4.67. The minimum Gasteiger partial charge on any atom is -0.318 e. The van der Waals surface area contributed by atoms with Gasteiger partial charge in [-0.2, -0.15) is 5.10 Å². The number of Topliss-reactive ketones (excluding diaryl/α,β-unsaturated/α-hetero) is 1. The zero-order chi connectivity index (χ0) is 18.0. The highest BCUT2D eigenvalue weighted by Gasteiger charge is 2.25. The lowest BCUT2D eigenvalue weighted by molar-refractivity contribution is -0.112. The normalized spacial score (nSPS) is 10.5. The average Bonchev–Trinajstić information content (AvgIpc) is 2.91. The fourth-order valence-electron chi connectivity index (χ4n) is 2.65. The molecule has 0 spiro atoms. The molecule has 0 aliphatic carbocycles. The van der Waals surface area contributed by atoms with Gasteiger partial charge in [-0.15, -0.1) is 0 Å². The Morgan fingerprint density at radius 2 is 1.64 bits per heavy atom. The first-order valence-corrected chi connectivity index (χ1v) is 8.08. The lowest BCUT2D eigenvalue weighted by atomic mass is 10.1. The fraction of sp³-hybridized carbons (Fsp3) is 0.105. The van der Waals surface area contributed by atoms with Gasteiger partial charge in [0.05, 0.1) is 33.3 Å². The summed E-state index contributed by atoms with van der Waals surface area (Å²) in [5.74, 6) is -1.39. The van der Waals surface area contributed by atoms with E-state index < -0.39 is 11.7 Å². The molecule has 1 N–H and O–H groups in total. The second-order valence-corrected chi connectivity index (χ2v) is 5.96. The zero-order valence-corrected chi connectivity index (χ0v) is 14.5. The minimum atomic E-state index is -0.744. The molecule has 1 heterocycles. The average molecular weight is 354 g/mol. The summed E-state index contributed by atoms with van der Waals surface area (Å²) in [7, 11) is 0. The van der Waals surface area contributed by atoms with Gasteiger partial charge in [0.25, 0.3) is 11.7 Å². The molecule has 0 bridgehead atoms. The lowest BCUT2D eigenvalue weighted by Crippen LogP contribution is -2.24. The summed E-state index contributed by atoms with van der Waals surface area (Å²) < 4.78 is 1.66. The lowest BCUT2D eigenvalue weighted by Gasteiger charge is -2.07. The monoisotopic (exact) mass is 353 g/mol. The van der Waals surface area contributed by atoms with Crippen LogP contribution in [0.4, 0.5) is 5.69 Å². The SMILES string of the molecule is Cc1nn(-c2ccccc2)c(C)c1C(=O)C(=O)Nc1ccccc1Cl. The maximum absolute atomic E-state index is 12.6. The summed E-state index contributed by atoms with van der Waals surface area (Å²) >= 11 is 6.02. The molecule has 25 heavy (non-hydrogen) atoms. The number of benzene rings is 2. The number of anilines is 1. The molecule has 3 aromatic rings. The third-order valence-electron chi connectivity index (χ3n) is 3.85. The predicted molar refractivity (Wildman–Crippen MR) is 97.5 cm³/mol. The highest BCUT2D eigenvalue weighted by Crippen LogP contribution is 2.22. The zero-order valence-electron chi connectivity index (χ0n) is 13.8. The summed E-state index contributed by atoms with van der Waals surface area (Å²) in [4.78, 5) is 25.0. The Bertz CT molecular complexity index is 949. The molecule has 0 aliphatic rings. The van der Waals surface area contributed by atoms with Crippen molar-refractivity contribution in [1.82, 2.24) is 9.78 Å². The largest absolute Gasteiger partial charge is 0.318 e. The highest BCUT2D eigenvalue weighted by atomic mass is 35.5. The van der Waals surface area contributed by atoms with Crippen LogP contribution in [0.1, 0.15) is 21.7 Å². The Hall–Kier alpha value is -2.92. The molecular formula is C19H16ClN3O2. The van der Waals surface area contributed by atoms with Crippen molar-refractivity contribution in [2.75, 3.05) is 5.32 Å². The molecule has 1 aromatic heterocycles. The summed E-state index contributed by atoms with van der Waals surface area (Å²) in [5, 5.41) is 7.33. The van der Waals surface area contributed by atoms with Crippen molar-refractivity contribution in [2.45, 2.75) is 13.8 Å². The van der Waals surface area contributed by atoms with Crippen LogP contribution < -0.4 is 5.32 Å². The number of aromatic nitrogens is 2. The van der Waals surface area contributed by atoms with Crippen LogP contribution in [0.2, 0.25) is 5.02 Å². The third kappa shape index (κ3) is 3.32. The number of nitrogens with zero attached hydrogens (tertiary/aromatic N) is 2. The van der Waals surface area contributed by atoms with Crippen LogP contribution >= 0.6 is 11.6 Å². The van der Waals surface area contributed by atoms with E-state index in [-0.39, 0.29) is 0 Å². The number of aryl methyl sites for hydroxylation is 1. The molecular weight excluding hydrogens is 338 g/mol. The van der Waals surface area contributed by atoms with Crippen molar-refractivity contribution in [2.24, 2.45) is 0 Å². The van der Waals surface area contributed by atoms with Gasteiger partial charge in [0.1, 0.15) is 0 Å². The number of hydrogen-bond acceptors (Lipinski definition) is 3. The van der Waals surface area contributed by atoms with Gasteiger partial charge in [0, 0.05) is 0 Å². The number of amides is 1. The van der Waals surface area contributed by atoms with E-state index in [0.29, 0.717) is 27.7 Å². The molecule has 0 radical (unpaired) electrons. The second-order valence-electron chi connectivity index (χ2n) is 5.56. The quantitative estimate of drug-likeness (QED) is 0.570. The summed E-state index contributed by atoms with van der Waals surface area (Å²) in [6, 6.07) is 16.2. The van der Waals surface area contributed by atoms with Crippen LogP contribution in [-0.2, 0) is 4.79 Å². The smallest absolute Gasteiger partial charge is 0.296 e. The molecule has 6 heteroatoms. The Labute approximate surface area is 150 Å². The first kappa shape index (κ1) is 16.9. The van der Waals surface area contributed by atoms with Crippen LogP contribution in [0, 0.1) is 13.8 Å². The maximum atomic E-state index is 12.6. The van der Waals surface area contributed by atoms with Gasteiger partial charge in [-0.05, 0) is 38.1 Å². The van der Waals surface area contributed by atoms with Crippen LogP contribution in [0.5, 0.6) is 0 Å². The van der Waals surface area contributed by atoms with Crippen LogP contribution in [0.25, 0.3) is 5.69 Å². The van der Waals surface area contributed by atoms with Crippen LogP contribution in [0.3, 0.4) is 0 Å². The molecule has 0 aliphatic heterocycles. The first-order valence-electron chi connectivity index (χ1n) is 7.71. The van der Waals surface area contributed by atoms with Gasteiger partial charge in [-0.1, -0.05) is 41.9 Å². The number of ketones is 1. The van der Waals surface area contributed by atoms with Crippen molar-refractivity contribution >= 4 is 29.0 Å². The minimum absolute atomic E-state index is 0.299. The number of hydrogen-bond donors (Lipinski definition) is 1. The van der Waals surface area contributed by atoms with E-state index in [0.717, 1.165) is 5.69 Å². The molecule has 1 amide bonds. The van der Waals surface area contributed by atoms with Gasteiger partial charge >= 0.3 is 0 Å². The van der Waals surface area contributed by atoms with Crippen molar-refractivity contribution in [3.05, 3.63) is 76.6 Å². The van der Waals surface area contributed by atoms with Gasteiger partial charge < -0.3 is 5.32 Å². The Morgan fingerprint density at radius 3 is 2.32 bits per heavy atom. The predicted octanol–water partition coefficient (Wildman–Crippen LogP) is 3.96. The van der Waals surface area contributed by atoms with Crippen molar-refractivity contribution in [3.8, 4) is 5.69 Å². The number of nitrogens with one attached hydrogen (secondary N) is 1. The molecule has 126 valence electrons. The molecule has 0 atom stereocenters. The topological polar surface area (TPSA) is 64.0 Å². The van der Waals surface area contributed by atoms with E-state index >= 15 is 0 Å². The van der Waals surface area contributed by atoms with Crippen LogP contribution in [0.15, 0.2) is 54.6 Å². The maximum Gasteiger partial charge on any atom is 0.296 e. The van der Waals surface area contributed by atoms with Crippen LogP contribution in [-0.4, -0.2) is 21.5 Å². The van der Waals surface area contributed by atoms with E-state index in [1.807, 2.05) is 30.3 Å². The van der Waals surface area contributed by atoms with Crippen molar-refractivity contribution < 1.29 is 9.59 Å². The van der Waals surface area contributed by atoms with E-state index in [1.54, 1.807) is 42.8 Å². The molecule has 3 rings (SSSR count). The van der Waals surface area contributed by atoms with E-state index in [4.69, 9.17) is 11.6 Å².